The van der Waals surface area contributed by atoms with Gasteiger partial charge < -0.3 is 19.6 Å². The van der Waals surface area contributed by atoms with Gasteiger partial charge >= 0.3 is 5.97 Å². The van der Waals surface area contributed by atoms with Gasteiger partial charge in [0.25, 0.3) is 0 Å². The standard InChI is InChI=1S/C18H23N3O3/c1-24-15-6-5-14-4-2-8-19-17(14)18(15)21-10-3-9-20(12-13-21)11-7-16(22)23/h2,4-6,8H,3,7,9-13H2,1H3,(H,22,23). The average Bonchev–Trinajstić information content (AvgIpc) is 2.84. The Morgan fingerprint density at radius 1 is 1.25 bits per heavy atom. The van der Waals surface area contributed by atoms with Crippen LogP contribution in [0.4, 0.5) is 5.69 Å². The number of carboxylic acid groups (broad SMARTS) is 1. The number of hydrogen-bond acceptors (Lipinski definition) is 5. The molecule has 0 bridgehead atoms. The Labute approximate surface area is 141 Å². The lowest BCUT2D eigenvalue weighted by molar-refractivity contribution is -0.137. The quantitative estimate of drug-likeness (QED) is 0.907. The number of aliphatic carboxylic acids is 1. The summed E-state index contributed by atoms with van der Waals surface area (Å²) in [5.74, 6) is 0.0937. The first-order valence-corrected chi connectivity index (χ1v) is 8.30. The number of carbonyl (C=O) groups is 1. The van der Waals surface area contributed by atoms with Crippen LogP contribution in [0.2, 0.25) is 0 Å². The highest BCUT2D eigenvalue weighted by atomic mass is 16.5. The molecule has 1 fully saturated rings. The van der Waals surface area contributed by atoms with Crippen molar-refractivity contribution in [3.8, 4) is 5.75 Å². The van der Waals surface area contributed by atoms with E-state index in [1.165, 1.54) is 0 Å². The molecule has 2 heterocycles. The van der Waals surface area contributed by atoms with Crippen molar-refractivity contribution in [2.24, 2.45) is 0 Å². The highest BCUT2D eigenvalue weighted by molar-refractivity contribution is 5.94. The SMILES string of the molecule is COc1ccc2cccnc2c1N1CCCN(CCC(=O)O)CC1. The largest absolute Gasteiger partial charge is 0.494 e. The predicted molar refractivity (Wildman–Crippen MR) is 93.8 cm³/mol. The van der Waals surface area contributed by atoms with Crippen molar-refractivity contribution in [2.75, 3.05) is 44.7 Å². The summed E-state index contributed by atoms with van der Waals surface area (Å²) in [6, 6.07) is 8.02. The normalized spacial score (nSPS) is 16.1. The molecule has 1 aliphatic rings. The number of methoxy groups -OCH3 is 1. The molecule has 0 aliphatic carbocycles. The van der Waals surface area contributed by atoms with E-state index < -0.39 is 5.97 Å². The first kappa shape index (κ1) is 16.5. The van der Waals surface area contributed by atoms with Gasteiger partial charge in [0.15, 0.2) is 0 Å². The molecule has 0 saturated carbocycles. The molecule has 1 aliphatic heterocycles. The minimum Gasteiger partial charge on any atom is -0.494 e. The molecule has 0 amide bonds. The minimum atomic E-state index is -0.740. The van der Waals surface area contributed by atoms with Gasteiger partial charge in [-0.15, -0.1) is 0 Å². The number of carboxylic acids is 1. The zero-order chi connectivity index (χ0) is 16.9. The van der Waals surface area contributed by atoms with Crippen LogP contribution in [-0.2, 0) is 4.79 Å². The van der Waals surface area contributed by atoms with Crippen LogP contribution in [0.1, 0.15) is 12.8 Å². The van der Waals surface area contributed by atoms with E-state index in [-0.39, 0.29) is 6.42 Å². The number of fused-ring (bicyclic) bond motifs is 1. The fourth-order valence-corrected chi connectivity index (χ4v) is 3.25. The van der Waals surface area contributed by atoms with Gasteiger partial charge in [-0.1, -0.05) is 6.07 Å². The summed E-state index contributed by atoms with van der Waals surface area (Å²) in [6.07, 6.45) is 2.99. The number of rotatable bonds is 5. The van der Waals surface area contributed by atoms with E-state index in [2.05, 4.69) is 20.9 Å². The lowest BCUT2D eigenvalue weighted by atomic mass is 10.1. The van der Waals surface area contributed by atoms with Crippen LogP contribution < -0.4 is 9.64 Å². The monoisotopic (exact) mass is 329 g/mol. The van der Waals surface area contributed by atoms with Crippen LogP contribution in [-0.4, -0.2) is 60.8 Å². The molecule has 1 aromatic carbocycles. The van der Waals surface area contributed by atoms with Crippen molar-refractivity contribution in [1.82, 2.24) is 9.88 Å². The molecule has 2 aromatic rings. The maximum Gasteiger partial charge on any atom is 0.304 e. The number of benzene rings is 1. The van der Waals surface area contributed by atoms with E-state index in [1.54, 1.807) is 7.11 Å². The number of ether oxygens (including phenoxy) is 1. The van der Waals surface area contributed by atoms with Gasteiger partial charge in [0.05, 0.1) is 19.0 Å². The molecule has 1 saturated heterocycles. The second-order valence-electron chi connectivity index (χ2n) is 6.02. The second-order valence-corrected chi connectivity index (χ2v) is 6.02. The van der Waals surface area contributed by atoms with Crippen molar-refractivity contribution in [3.63, 3.8) is 0 Å². The summed E-state index contributed by atoms with van der Waals surface area (Å²) in [6.45, 7) is 4.12. The molecular formula is C18H23N3O3. The van der Waals surface area contributed by atoms with E-state index >= 15 is 0 Å². The van der Waals surface area contributed by atoms with E-state index in [1.807, 2.05) is 24.4 Å². The first-order valence-electron chi connectivity index (χ1n) is 8.30. The zero-order valence-corrected chi connectivity index (χ0v) is 13.9. The Balaban J connectivity index is 1.83. The number of hydrogen-bond donors (Lipinski definition) is 1. The van der Waals surface area contributed by atoms with Gasteiger partial charge in [-0.25, -0.2) is 0 Å². The van der Waals surface area contributed by atoms with Gasteiger partial charge in [-0.05, 0) is 31.2 Å². The minimum absolute atomic E-state index is 0.194. The number of aromatic nitrogens is 1. The fraction of sp³-hybridized carbons (Fsp3) is 0.444. The van der Waals surface area contributed by atoms with Crippen molar-refractivity contribution >= 4 is 22.6 Å². The van der Waals surface area contributed by atoms with Crippen molar-refractivity contribution < 1.29 is 14.6 Å². The van der Waals surface area contributed by atoms with Crippen LogP contribution in [0.5, 0.6) is 5.75 Å². The summed E-state index contributed by atoms with van der Waals surface area (Å²) < 4.78 is 5.58. The van der Waals surface area contributed by atoms with Crippen molar-refractivity contribution in [3.05, 3.63) is 30.5 Å². The van der Waals surface area contributed by atoms with Crippen LogP contribution in [0, 0.1) is 0 Å². The highest BCUT2D eigenvalue weighted by Crippen LogP contribution is 2.35. The molecule has 6 nitrogen and oxygen atoms in total. The Kier molecular flexibility index (Phi) is 5.15. The lowest BCUT2D eigenvalue weighted by Crippen LogP contribution is -2.32. The number of nitrogens with zero attached hydrogens (tertiary/aromatic N) is 3. The summed E-state index contributed by atoms with van der Waals surface area (Å²) in [4.78, 5) is 19.9. The van der Waals surface area contributed by atoms with E-state index in [9.17, 15) is 4.79 Å². The third kappa shape index (κ3) is 3.59. The number of anilines is 1. The molecule has 24 heavy (non-hydrogen) atoms. The van der Waals surface area contributed by atoms with Crippen LogP contribution in [0.15, 0.2) is 30.5 Å². The van der Waals surface area contributed by atoms with E-state index in [4.69, 9.17) is 9.84 Å². The summed E-state index contributed by atoms with van der Waals surface area (Å²) >= 11 is 0. The van der Waals surface area contributed by atoms with Gasteiger partial charge in [0, 0.05) is 37.8 Å². The Bertz CT molecular complexity index is 720. The Morgan fingerprint density at radius 2 is 2.12 bits per heavy atom. The highest BCUT2D eigenvalue weighted by Gasteiger charge is 2.21. The Morgan fingerprint density at radius 3 is 2.92 bits per heavy atom. The Hall–Kier alpha value is -2.34. The van der Waals surface area contributed by atoms with Gasteiger partial charge in [-0.3, -0.25) is 9.78 Å². The molecule has 0 unspecified atom stereocenters. The topological polar surface area (TPSA) is 65.9 Å². The molecule has 128 valence electrons. The molecule has 1 N–H and O–H groups in total. The summed E-state index contributed by atoms with van der Waals surface area (Å²) in [5, 5.41) is 9.97. The molecule has 0 spiro atoms. The number of pyridine rings is 1. The van der Waals surface area contributed by atoms with Crippen LogP contribution in [0.3, 0.4) is 0 Å². The molecular weight excluding hydrogens is 306 g/mol. The lowest BCUT2D eigenvalue weighted by Gasteiger charge is -2.26. The van der Waals surface area contributed by atoms with Crippen LogP contribution in [0.25, 0.3) is 10.9 Å². The average molecular weight is 329 g/mol. The molecule has 0 radical (unpaired) electrons. The first-order chi connectivity index (χ1) is 11.7. The third-order valence-electron chi connectivity index (χ3n) is 4.48. The maximum absolute atomic E-state index is 10.8. The molecule has 6 heteroatoms. The molecule has 0 atom stereocenters. The zero-order valence-electron chi connectivity index (χ0n) is 13.9. The molecule has 3 rings (SSSR count). The predicted octanol–water partition coefficient (Wildman–Crippen LogP) is 2.23. The smallest absolute Gasteiger partial charge is 0.304 e. The second kappa shape index (κ2) is 7.49. The van der Waals surface area contributed by atoms with E-state index in [0.717, 1.165) is 54.9 Å². The third-order valence-corrected chi connectivity index (χ3v) is 4.48. The van der Waals surface area contributed by atoms with Crippen LogP contribution >= 0.6 is 0 Å². The summed E-state index contributed by atoms with van der Waals surface area (Å²) in [5.41, 5.74) is 1.99. The maximum atomic E-state index is 10.8. The molecule has 1 aromatic heterocycles. The summed E-state index contributed by atoms with van der Waals surface area (Å²) in [7, 11) is 1.69. The van der Waals surface area contributed by atoms with Gasteiger partial charge in [0.2, 0.25) is 0 Å². The van der Waals surface area contributed by atoms with Gasteiger partial charge in [-0.2, -0.15) is 0 Å². The fourth-order valence-electron chi connectivity index (χ4n) is 3.25. The van der Waals surface area contributed by atoms with E-state index in [0.29, 0.717) is 6.54 Å². The van der Waals surface area contributed by atoms with Crippen molar-refractivity contribution in [2.45, 2.75) is 12.8 Å². The van der Waals surface area contributed by atoms with Gasteiger partial charge in [0.1, 0.15) is 11.4 Å². The van der Waals surface area contributed by atoms with Crippen molar-refractivity contribution in [1.29, 1.82) is 0 Å².